The van der Waals surface area contributed by atoms with E-state index in [1.165, 1.54) is 11.8 Å². The zero-order valence-corrected chi connectivity index (χ0v) is 15.7. The molecule has 0 saturated heterocycles. The number of thioether (sulfide) groups is 1. The summed E-state index contributed by atoms with van der Waals surface area (Å²) in [6.07, 6.45) is 0. The molecule has 134 valence electrons. The Morgan fingerprint density at radius 1 is 1.12 bits per heavy atom. The van der Waals surface area contributed by atoms with Crippen LogP contribution in [-0.2, 0) is 0 Å². The maximum Gasteiger partial charge on any atom is 0.277 e. The second-order valence-corrected chi connectivity index (χ2v) is 7.11. The Labute approximate surface area is 156 Å². The lowest BCUT2D eigenvalue weighted by Crippen LogP contribution is -2.13. The third-order valence-electron chi connectivity index (χ3n) is 3.80. The monoisotopic (exact) mass is 368 g/mol. The molecule has 0 amide bonds. The van der Waals surface area contributed by atoms with E-state index in [1.807, 2.05) is 45.0 Å². The summed E-state index contributed by atoms with van der Waals surface area (Å²) in [7, 11) is 0. The van der Waals surface area contributed by atoms with Crippen LogP contribution in [0.1, 0.15) is 29.8 Å². The Morgan fingerprint density at radius 2 is 1.81 bits per heavy atom. The molecule has 0 aliphatic rings. The zero-order valence-electron chi connectivity index (χ0n) is 14.9. The van der Waals surface area contributed by atoms with E-state index in [2.05, 4.69) is 10.2 Å². The first kappa shape index (κ1) is 18.2. The van der Waals surface area contributed by atoms with Gasteiger partial charge in [0.15, 0.2) is 5.78 Å². The van der Waals surface area contributed by atoms with Crippen LogP contribution in [0.25, 0.3) is 11.5 Å². The molecule has 6 heteroatoms. The maximum absolute atomic E-state index is 12.6. The Morgan fingerprint density at radius 3 is 2.46 bits per heavy atom. The number of carbonyl (C=O) groups is 1. The molecule has 0 radical (unpaired) electrons. The SMILES string of the molecule is CCOc1ccc(C(=O)[C@@H](C)Sc2nnc(-c3ccc(C)cc3)o2)cc1. The minimum atomic E-state index is -0.334. The first-order chi connectivity index (χ1) is 12.6. The Kier molecular flexibility index (Phi) is 5.73. The molecule has 1 atom stereocenters. The van der Waals surface area contributed by atoms with Crippen molar-refractivity contribution in [3.8, 4) is 17.2 Å². The first-order valence-electron chi connectivity index (χ1n) is 8.41. The summed E-state index contributed by atoms with van der Waals surface area (Å²) < 4.78 is 11.1. The van der Waals surface area contributed by atoms with E-state index in [9.17, 15) is 4.79 Å². The second-order valence-electron chi connectivity index (χ2n) is 5.82. The van der Waals surface area contributed by atoms with Gasteiger partial charge in [0.25, 0.3) is 5.22 Å². The molecule has 1 aromatic heterocycles. The largest absolute Gasteiger partial charge is 0.494 e. The predicted octanol–water partition coefficient (Wildman–Crippen LogP) is 4.81. The number of hydrogen-bond acceptors (Lipinski definition) is 6. The van der Waals surface area contributed by atoms with Crippen LogP contribution in [0.2, 0.25) is 0 Å². The summed E-state index contributed by atoms with van der Waals surface area (Å²) in [5, 5.41) is 8.16. The van der Waals surface area contributed by atoms with E-state index in [4.69, 9.17) is 9.15 Å². The highest BCUT2D eigenvalue weighted by Gasteiger charge is 2.20. The van der Waals surface area contributed by atoms with Crippen molar-refractivity contribution in [1.82, 2.24) is 10.2 Å². The highest BCUT2D eigenvalue weighted by molar-refractivity contribution is 8.00. The first-order valence-corrected chi connectivity index (χ1v) is 9.29. The molecule has 0 N–H and O–H groups in total. The third kappa shape index (κ3) is 4.32. The summed E-state index contributed by atoms with van der Waals surface area (Å²) >= 11 is 1.26. The van der Waals surface area contributed by atoms with Crippen molar-refractivity contribution < 1.29 is 13.9 Å². The van der Waals surface area contributed by atoms with Gasteiger partial charge >= 0.3 is 0 Å². The quantitative estimate of drug-likeness (QED) is 0.440. The average Bonchev–Trinajstić information content (AvgIpc) is 3.11. The number of aromatic nitrogens is 2. The van der Waals surface area contributed by atoms with E-state index >= 15 is 0 Å². The number of Topliss-reactive ketones (excluding diaryl/α,β-unsaturated/α-hetero) is 1. The summed E-state index contributed by atoms with van der Waals surface area (Å²) in [4.78, 5) is 12.6. The Balaban J connectivity index is 1.66. The molecule has 0 saturated carbocycles. The minimum Gasteiger partial charge on any atom is -0.494 e. The van der Waals surface area contributed by atoms with E-state index in [0.29, 0.717) is 23.3 Å². The van der Waals surface area contributed by atoms with Gasteiger partial charge in [-0.2, -0.15) is 0 Å². The van der Waals surface area contributed by atoms with E-state index in [0.717, 1.165) is 16.9 Å². The fraction of sp³-hybridized carbons (Fsp3) is 0.250. The molecule has 3 rings (SSSR count). The number of carbonyl (C=O) groups excluding carboxylic acids is 1. The van der Waals surface area contributed by atoms with Gasteiger partial charge in [-0.3, -0.25) is 4.79 Å². The zero-order chi connectivity index (χ0) is 18.5. The minimum absolute atomic E-state index is 0.00753. The molecule has 0 spiro atoms. The molecule has 1 heterocycles. The molecule has 2 aromatic carbocycles. The van der Waals surface area contributed by atoms with Crippen LogP contribution in [0.4, 0.5) is 0 Å². The number of rotatable bonds is 7. The van der Waals surface area contributed by atoms with Gasteiger partial charge in [-0.25, -0.2) is 0 Å². The van der Waals surface area contributed by atoms with Crippen LogP contribution in [0, 0.1) is 6.92 Å². The second kappa shape index (κ2) is 8.19. The van der Waals surface area contributed by atoms with Crippen molar-refractivity contribution in [2.75, 3.05) is 6.61 Å². The van der Waals surface area contributed by atoms with Crippen LogP contribution in [0.15, 0.2) is 58.2 Å². The highest BCUT2D eigenvalue weighted by Crippen LogP contribution is 2.28. The van der Waals surface area contributed by atoms with Crippen LogP contribution in [0.5, 0.6) is 5.75 Å². The molecular weight excluding hydrogens is 348 g/mol. The molecule has 0 bridgehead atoms. The van der Waals surface area contributed by atoms with Gasteiger partial charge in [0.2, 0.25) is 5.89 Å². The summed E-state index contributed by atoms with van der Waals surface area (Å²) in [6, 6.07) is 15.0. The number of hydrogen-bond donors (Lipinski definition) is 0. The smallest absolute Gasteiger partial charge is 0.277 e. The lowest BCUT2D eigenvalue weighted by Gasteiger charge is -2.08. The molecule has 0 aliphatic heterocycles. The Hall–Kier alpha value is -2.60. The molecule has 0 aliphatic carbocycles. The van der Waals surface area contributed by atoms with Crippen molar-refractivity contribution in [2.24, 2.45) is 0 Å². The van der Waals surface area contributed by atoms with Crippen LogP contribution >= 0.6 is 11.8 Å². The topological polar surface area (TPSA) is 65.2 Å². The number of ketones is 1. The standard InChI is InChI=1S/C20H20N2O3S/c1-4-24-17-11-9-15(10-12-17)18(23)14(3)26-20-22-21-19(25-20)16-7-5-13(2)6-8-16/h5-12,14H,4H2,1-3H3/t14-/m1/s1. The van der Waals surface area contributed by atoms with E-state index in [1.54, 1.807) is 24.3 Å². The van der Waals surface area contributed by atoms with Crippen molar-refractivity contribution in [1.29, 1.82) is 0 Å². The van der Waals surface area contributed by atoms with E-state index in [-0.39, 0.29) is 11.0 Å². The van der Waals surface area contributed by atoms with Gasteiger partial charge in [-0.15, -0.1) is 10.2 Å². The normalized spacial score (nSPS) is 12.0. The third-order valence-corrected chi connectivity index (χ3v) is 4.74. The van der Waals surface area contributed by atoms with E-state index < -0.39 is 0 Å². The molecule has 3 aromatic rings. The summed E-state index contributed by atoms with van der Waals surface area (Å²) in [5.74, 6) is 1.21. The maximum atomic E-state index is 12.6. The summed E-state index contributed by atoms with van der Waals surface area (Å²) in [6.45, 7) is 6.37. The van der Waals surface area contributed by atoms with Gasteiger partial charge in [0.05, 0.1) is 11.9 Å². The molecule has 5 nitrogen and oxygen atoms in total. The fourth-order valence-corrected chi connectivity index (χ4v) is 3.15. The molecule has 0 unspecified atom stereocenters. The van der Waals surface area contributed by atoms with Gasteiger partial charge in [-0.05, 0) is 57.2 Å². The summed E-state index contributed by atoms with van der Waals surface area (Å²) in [5.41, 5.74) is 2.66. The van der Waals surface area contributed by atoms with Crippen LogP contribution in [-0.4, -0.2) is 27.8 Å². The number of benzene rings is 2. The Bertz CT molecular complexity index is 873. The molecule has 26 heavy (non-hydrogen) atoms. The number of aryl methyl sites for hydroxylation is 1. The van der Waals surface area contributed by atoms with Crippen LogP contribution < -0.4 is 4.74 Å². The van der Waals surface area contributed by atoms with Crippen molar-refractivity contribution in [2.45, 2.75) is 31.2 Å². The number of ether oxygens (including phenoxy) is 1. The van der Waals surface area contributed by atoms with Gasteiger partial charge in [-0.1, -0.05) is 29.5 Å². The van der Waals surface area contributed by atoms with Crippen molar-refractivity contribution >= 4 is 17.5 Å². The number of nitrogens with zero attached hydrogens (tertiary/aromatic N) is 2. The highest BCUT2D eigenvalue weighted by atomic mass is 32.2. The van der Waals surface area contributed by atoms with Gasteiger partial charge in [0.1, 0.15) is 5.75 Å². The molecular formula is C20H20N2O3S. The van der Waals surface area contributed by atoms with Gasteiger partial charge < -0.3 is 9.15 Å². The lowest BCUT2D eigenvalue weighted by atomic mass is 10.1. The average molecular weight is 368 g/mol. The fourth-order valence-electron chi connectivity index (χ4n) is 2.39. The predicted molar refractivity (Wildman–Crippen MR) is 102 cm³/mol. The van der Waals surface area contributed by atoms with Crippen molar-refractivity contribution in [3.05, 3.63) is 59.7 Å². The molecule has 0 fully saturated rings. The van der Waals surface area contributed by atoms with Crippen molar-refractivity contribution in [3.63, 3.8) is 0 Å². The van der Waals surface area contributed by atoms with Crippen LogP contribution in [0.3, 0.4) is 0 Å². The lowest BCUT2D eigenvalue weighted by molar-refractivity contribution is 0.0993. The van der Waals surface area contributed by atoms with Gasteiger partial charge in [0, 0.05) is 11.1 Å².